The zero-order chi connectivity index (χ0) is 19.5. The fraction of sp³-hybridized carbons (Fsp3) is 0.200. The highest BCUT2D eigenvalue weighted by molar-refractivity contribution is 5.90. The van der Waals surface area contributed by atoms with Crippen LogP contribution in [0.2, 0.25) is 0 Å². The van der Waals surface area contributed by atoms with E-state index in [1.165, 1.54) is 0 Å². The number of fused-ring (bicyclic) bond motifs is 1. The minimum absolute atomic E-state index is 0.348. The van der Waals surface area contributed by atoms with Crippen LogP contribution in [0.4, 0.5) is 17.5 Å². The van der Waals surface area contributed by atoms with Gasteiger partial charge in [-0.15, -0.1) is 0 Å². The average molecular weight is 385 g/mol. The maximum absolute atomic E-state index is 4.82. The third-order valence-electron chi connectivity index (χ3n) is 4.74. The Hall–Kier alpha value is -3.72. The van der Waals surface area contributed by atoms with Crippen LogP contribution in [0.15, 0.2) is 55.4 Å². The van der Waals surface area contributed by atoms with Crippen molar-refractivity contribution in [3.63, 3.8) is 0 Å². The molecule has 0 radical (unpaired) electrons. The summed E-state index contributed by atoms with van der Waals surface area (Å²) in [6.07, 6.45) is 11.2. The maximum Gasteiger partial charge on any atom is 0.162 e. The van der Waals surface area contributed by atoms with Crippen molar-refractivity contribution in [1.82, 2.24) is 35.2 Å². The second-order valence-corrected chi connectivity index (χ2v) is 6.77. The fourth-order valence-corrected chi connectivity index (χ4v) is 3.32. The Kier molecular flexibility index (Phi) is 4.63. The molecule has 1 aliphatic rings. The second kappa shape index (κ2) is 7.72. The molecular formula is C20H19N9. The van der Waals surface area contributed by atoms with Gasteiger partial charge >= 0.3 is 0 Å². The highest BCUT2D eigenvalue weighted by Crippen LogP contribution is 2.26. The first kappa shape index (κ1) is 17.4. The summed E-state index contributed by atoms with van der Waals surface area (Å²) in [6.45, 7) is 1.93. The summed E-state index contributed by atoms with van der Waals surface area (Å²) in [5.41, 5.74) is 1.65. The first-order valence-corrected chi connectivity index (χ1v) is 9.44. The first-order chi connectivity index (χ1) is 14.3. The van der Waals surface area contributed by atoms with Crippen LogP contribution >= 0.6 is 0 Å². The number of rotatable bonds is 5. The number of pyridine rings is 2. The molecule has 29 heavy (non-hydrogen) atoms. The summed E-state index contributed by atoms with van der Waals surface area (Å²) in [4.78, 5) is 26.4. The van der Waals surface area contributed by atoms with E-state index in [0.29, 0.717) is 23.5 Å². The second-order valence-electron chi connectivity index (χ2n) is 6.77. The van der Waals surface area contributed by atoms with Crippen LogP contribution in [-0.2, 0) is 0 Å². The van der Waals surface area contributed by atoms with E-state index in [9.17, 15) is 0 Å². The molecule has 0 amide bonds. The van der Waals surface area contributed by atoms with Crippen LogP contribution in [0.3, 0.4) is 0 Å². The van der Waals surface area contributed by atoms with Crippen molar-refractivity contribution in [2.75, 3.05) is 23.7 Å². The molecule has 4 aromatic heterocycles. The lowest BCUT2D eigenvalue weighted by Crippen LogP contribution is -2.23. The van der Waals surface area contributed by atoms with Crippen molar-refractivity contribution in [3.05, 3.63) is 55.4 Å². The van der Waals surface area contributed by atoms with Crippen molar-refractivity contribution < 1.29 is 0 Å². The van der Waals surface area contributed by atoms with Gasteiger partial charge in [-0.05, 0) is 31.2 Å². The number of anilines is 3. The molecule has 4 aromatic rings. The molecule has 3 N–H and O–H groups in total. The van der Waals surface area contributed by atoms with Gasteiger partial charge < -0.3 is 16.0 Å². The Morgan fingerprint density at radius 2 is 1.86 bits per heavy atom. The molecule has 5 heterocycles. The number of hydrogen-bond acceptors (Lipinski definition) is 9. The van der Waals surface area contributed by atoms with E-state index < -0.39 is 0 Å². The van der Waals surface area contributed by atoms with Gasteiger partial charge in [0, 0.05) is 48.3 Å². The fourth-order valence-electron chi connectivity index (χ4n) is 3.32. The van der Waals surface area contributed by atoms with Crippen LogP contribution in [0.5, 0.6) is 0 Å². The van der Waals surface area contributed by atoms with Crippen LogP contribution in [0.1, 0.15) is 6.42 Å². The molecular weight excluding hydrogens is 366 g/mol. The summed E-state index contributed by atoms with van der Waals surface area (Å²) < 4.78 is 0. The van der Waals surface area contributed by atoms with Crippen molar-refractivity contribution in [3.8, 4) is 11.4 Å². The highest BCUT2D eigenvalue weighted by Gasteiger charge is 2.17. The van der Waals surface area contributed by atoms with Gasteiger partial charge in [0.1, 0.15) is 17.5 Å². The monoisotopic (exact) mass is 385 g/mol. The minimum atomic E-state index is 0.348. The summed E-state index contributed by atoms with van der Waals surface area (Å²) in [5.74, 6) is 2.70. The molecule has 1 atom stereocenters. The van der Waals surface area contributed by atoms with E-state index in [2.05, 4.69) is 35.9 Å². The molecule has 0 bridgehead atoms. The van der Waals surface area contributed by atoms with Gasteiger partial charge in [0.2, 0.25) is 0 Å². The number of nitrogens with zero attached hydrogens (tertiary/aromatic N) is 6. The zero-order valence-electron chi connectivity index (χ0n) is 15.6. The molecule has 9 heteroatoms. The van der Waals surface area contributed by atoms with Crippen LogP contribution in [0, 0.1) is 0 Å². The van der Waals surface area contributed by atoms with Crippen molar-refractivity contribution in [2.45, 2.75) is 12.5 Å². The van der Waals surface area contributed by atoms with Gasteiger partial charge in [0.15, 0.2) is 5.82 Å². The number of hydrogen-bond donors (Lipinski definition) is 3. The van der Waals surface area contributed by atoms with E-state index >= 15 is 0 Å². The molecule has 1 saturated heterocycles. The third-order valence-corrected chi connectivity index (χ3v) is 4.74. The van der Waals surface area contributed by atoms with Crippen molar-refractivity contribution in [2.24, 2.45) is 0 Å². The molecule has 0 spiro atoms. The number of aromatic nitrogens is 6. The third kappa shape index (κ3) is 3.81. The summed E-state index contributed by atoms with van der Waals surface area (Å²) in [7, 11) is 0. The Bertz CT molecular complexity index is 1130. The van der Waals surface area contributed by atoms with Crippen LogP contribution in [0.25, 0.3) is 22.3 Å². The van der Waals surface area contributed by atoms with Gasteiger partial charge in [-0.25, -0.2) is 19.9 Å². The average Bonchev–Trinajstić information content (AvgIpc) is 3.28. The molecule has 0 aromatic carbocycles. The van der Waals surface area contributed by atoms with Crippen molar-refractivity contribution in [1.29, 1.82) is 0 Å². The summed E-state index contributed by atoms with van der Waals surface area (Å²) in [5, 5.41) is 11.0. The van der Waals surface area contributed by atoms with Gasteiger partial charge in [-0.2, -0.15) is 0 Å². The molecule has 5 rings (SSSR count). The Morgan fingerprint density at radius 1 is 0.931 bits per heavy atom. The molecule has 1 aliphatic heterocycles. The van der Waals surface area contributed by atoms with E-state index in [1.54, 1.807) is 37.2 Å². The standard InChI is InChI=1S/C20H19N9/c1-6-24-17(28-18-12-23-7-8-25-18)9-13(1)19-27-16-11-22-5-3-15(16)20(29-19)26-14-2-4-21-10-14/h1,3,5-9,11-12,14,21H,2,4,10H2,(H,24,25,28)(H,26,27,29). The largest absolute Gasteiger partial charge is 0.365 e. The zero-order valence-corrected chi connectivity index (χ0v) is 15.6. The Balaban J connectivity index is 1.52. The lowest BCUT2D eigenvalue weighted by molar-refractivity contribution is 0.789. The normalized spacial score (nSPS) is 16.1. The molecule has 144 valence electrons. The lowest BCUT2D eigenvalue weighted by atomic mass is 10.2. The van der Waals surface area contributed by atoms with Gasteiger partial charge in [0.25, 0.3) is 0 Å². The molecule has 9 nitrogen and oxygen atoms in total. The van der Waals surface area contributed by atoms with E-state index in [1.807, 2.05) is 18.2 Å². The highest BCUT2D eigenvalue weighted by atomic mass is 15.1. The van der Waals surface area contributed by atoms with Crippen LogP contribution < -0.4 is 16.0 Å². The van der Waals surface area contributed by atoms with Gasteiger partial charge in [-0.1, -0.05) is 0 Å². The molecule has 0 saturated carbocycles. The molecule has 1 fully saturated rings. The van der Waals surface area contributed by atoms with Crippen LogP contribution in [-0.4, -0.2) is 49.0 Å². The summed E-state index contributed by atoms with van der Waals surface area (Å²) in [6, 6.07) is 6.07. The van der Waals surface area contributed by atoms with Crippen molar-refractivity contribution >= 4 is 28.4 Å². The lowest BCUT2D eigenvalue weighted by Gasteiger charge is -2.15. The summed E-state index contributed by atoms with van der Waals surface area (Å²) >= 11 is 0. The van der Waals surface area contributed by atoms with Gasteiger partial charge in [0.05, 0.1) is 17.9 Å². The Labute approximate surface area is 167 Å². The SMILES string of the molecule is c1cnc(Nc2cc(-c3nc(NC4CCNC4)c4ccncc4n3)ccn2)cn1. The number of nitrogens with one attached hydrogen (secondary N) is 3. The maximum atomic E-state index is 4.82. The van der Waals surface area contributed by atoms with E-state index in [-0.39, 0.29) is 0 Å². The van der Waals surface area contributed by atoms with Gasteiger partial charge in [-0.3, -0.25) is 9.97 Å². The van der Waals surface area contributed by atoms with E-state index in [0.717, 1.165) is 41.8 Å². The van der Waals surface area contributed by atoms with E-state index in [4.69, 9.17) is 9.97 Å². The predicted molar refractivity (Wildman–Crippen MR) is 111 cm³/mol. The topological polar surface area (TPSA) is 113 Å². The smallest absolute Gasteiger partial charge is 0.162 e. The molecule has 1 unspecified atom stereocenters. The molecule has 0 aliphatic carbocycles. The minimum Gasteiger partial charge on any atom is -0.365 e. The Morgan fingerprint density at radius 3 is 2.72 bits per heavy atom. The first-order valence-electron chi connectivity index (χ1n) is 9.44. The predicted octanol–water partition coefficient (Wildman–Crippen LogP) is 2.39. The quantitative estimate of drug-likeness (QED) is 0.476.